The van der Waals surface area contributed by atoms with Crippen LogP contribution in [-0.2, 0) is 12.5 Å². The number of nitrogens with zero attached hydrogens (tertiary/aromatic N) is 1. The molecule has 0 N–H and O–H groups in total. The van der Waals surface area contributed by atoms with Gasteiger partial charge >= 0.3 is 0 Å². The van der Waals surface area contributed by atoms with Crippen molar-refractivity contribution in [2.75, 3.05) is 0 Å². The second-order valence-corrected chi connectivity index (χ2v) is 4.15. The van der Waals surface area contributed by atoms with Crippen molar-refractivity contribution in [3.05, 3.63) is 58.9 Å². The largest absolute Gasteiger partial charge is 0.485 e. The minimum Gasteiger partial charge on any atom is -0.485 e. The van der Waals surface area contributed by atoms with Crippen LogP contribution in [0.15, 0.2) is 42.6 Å². The molecule has 0 aliphatic heterocycles. The monoisotopic (exact) mass is 267 g/mol. The van der Waals surface area contributed by atoms with Crippen molar-refractivity contribution in [1.82, 2.24) is 4.98 Å². The number of halogens is 2. The van der Waals surface area contributed by atoms with E-state index >= 15 is 0 Å². The van der Waals surface area contributed by atoms with E-state index in [9.17, 15) is 0 Å². The molecule has 88 valence electrons. The maximum Gasteiger partial charge on any atom is 0.142 e. The number of hydrogen-bond donors (Lipinski definition) is 0. The number of aromatic nitrogens is 1. The van der Waals surface area contributed by atoms with Gasteiger partial charge in [-0.3, -0.25) is 4.98 Å². The Morgan fingerprint density at radius 3 is 2.71 bits per heavy atom. The zero-order chi connectivity index (χ0) is 12.1. The van der Waals surface area contributed by atoms with E-state index in [1.54, 1.807) is 12.3 Å². The van der Waals surface area contributed by atoms with Crippen LogP contribution in [0.1, 0.15) is 11.3 Å². The number of benzene rings is 1. The Hall–Kier alpha value is -1.25. The zero-order valence-electron chi connectivity index (χ0n) is 9.07. The Labute approximate surface area is 110 Å². The van der Waals surface area contributed by atoms with Crippen LogP contribution in [0.2, 0.25) is 5.02 Å². The molecule has 0 aliphatic rings. The fourth-order valence-electron chi connectivity index (χ4n) is 1.45. The molecule has 2 aromatic rings. The third-order valence-corrected chi connectivity index (χ3v) is 2.87. The third kappa shape index (κ3) is 3.11. The van der Waals surface area contributed by atoms with Crippen LogP contribution in [0.4, 0.5) is 0 Å². The summed E-state index contributed by atoms with van der Waals surface area (Å²) in [5, 5.41) is 0.569. The van der Waals surface area contributed by atoms with Crippen molar-refractivity contribution in [2.45, 2.75) is 12.5 Å². The number of para-hydroxylation sites is 1. The molecule has 0 fully saturated rings. The summed E-state index contributed by atoms with van der Waals surface area (Å²) < 4.78 is 5.67. The molecule has 0 aliphatic carbocycles. The fraction of sp³-hybridized carbons (Fsp3) is 0.154. The van der Waals surface area contributed by atoms with Crippen LogP contribution in [0.5, 0.6) is 5.75 Å². The van der Waals surface area contributed by atoms with Gasteiger partial charge in [0.05, 0.1) is 16.6 Å². The van der Waals surface area contributed by atoms with Gasteiger partial charge in [0.2, 0.25) is 0 Å². The molecule has 0 unspecified atom stereocenters. The summed E-state index contributed by atoms with van der Waals surface area (Å²) in [7, 11) is 0. The highest BCUT2D eigenvalue weighted by molar-refractivity contribution is 6.32. The molecule has 2 rings (SSSR count). The smallest absolute Gasteiger partial charge is 0.142 e. The van der Waals surface area contributed by atoms with Crippen LogP contribution in [-0.4, -0.2) is 4.98 Å². The van der Waals surface area contributed by atoms with E-state index < -0.39 is 0 Å². The second-order valence-electron chi connectivity index (χ2n) is 3.47. The third-order valence-electron chi connectivity index (χ3n) is 2.28. The average molecular weight is 268 g/mol. The van der Waals surface area contributed by atoms with Crippen LogP contribution < -0.4 is 4.74 Å². The molecular formula is C13H11Cl2NO. The quantitative estimate of drug-likeness (QED) is 0.780. The van der Waals surface area contributed by atoms with Crippen LogP contribution in [0, 0.1) is 0 Å². The fourth-order valence-corrected chi connectivity index (χ4v) is 1.91. The van der Waals surface area contributed by atoms with Crippen LogP contribution in [0.3, 0.4) is 0 Å². The highest BCUT2D eigenvalue weighted by Crippen LogP contribution is 2.30. The van der Waals surface area contributed by atoms with Crippen molar-refractivity contribution in [1.29, 1.82) is 0 Å². The molecule has 0 atom stereocenters. The van der Waals surface area contributed by atoms with Crippen molar-refractivity contribution < 1.29 is 4.74 Å². The van der Waals surface area contributed by atoms with Gasteiger partial charge in [-0.05, 0) is 18.2 Å². The van der Waals surface area contributed by atoms with Crippen LogP contribution in [0.25, 0.3) is 0 Å². The normalized spacial score (nSPS) is 10.2. The zero-order valence-corrected chi connectivity index (χ0v) is 10.6. The van der Waals surface area contributed by atoms with E-state index in [4.69, 9.17) is 27.9 Å². The van der Waals surface area contributed by atoms with E-state index in [1.807, 2.05) is 30.3 Å². The molecule has 1 heterocycles. The predicted molar refractivity (Wildman–Crippen MR) is 69.6 cm³/mol. The van der Waals surface area contributed by atoms with Gasteiger partial charge in [0, 0.05) is 11.8 Å². The topological polar surface area (TPSA) is 22.1 Å². The highest BCUT2D eigenvalue weighted by atomic mass is 35.5. The first-order valence-electron chi connectivity index (χ1n) is 5.17. The Balaban J connectivity index is 2.14. The second kappa shape index (κ2) is 5.89. The summed E-state index contributed by atoms with van der Waals surface area (Å²) in [5.74, 6) is 1.01. The van der Waals surface area contributed by atoms with Crippen molar-refractivity contribution in [3.8, 4) is 5.75 Å². The van der Waals surface area contributed by atoms with Gasteiger partial charge in [0.1, 0.15) is 12.4 Å². The molecule has 1 aromatic heterocycles. The maximum absolute atomic E-state index is 6.07. The predicted octanol–water partition coefficient (Wildman–Crippen LogP) is 4.05. The molecule has 0 saturated heterocycles. The van der Waals surface area contributed by atoms with Crippen molar-refractivity contribution in [3.63, 3.8) is 0 Å². The summed E-state index contributed by atoms with van der Waals surface area (Å²) in [6.45, 7) is 0.383. The minimum atomic E-state index is 0.373. The number of pyridine rings is 1. The number of ether oxygens (including phenoxy) is 1. The van der Waals surface area contributed by atoms with E-state index in [-0.39, 0.29) is 0 Å². The van der Waals surface area contributed by atoms with Gasteiger partial charge in [0.25, 0.3) is 0 Å². The molecule has 4 heteroatoms. The standard InChI is InChI=1S/C13H11Cl2NO/c14-8-10-4-3-6-12(15)13(10)17-9-11-5-1-2-7-16-11/h1-7H,8-9H2. The molecule has 0 saturated carbocycles. The van der Waals surface area contributed by atoms with Gasteiger partial charge in [-0.15, -0.1) is 11.6 Å². The highest BCUT2D eigenvalue weighted by Gasteiger charge is 2.07. The summed E-state index contributed by atoms with van der Waals surface area (Å²) in [6.07, 6.45) is 1.73. The van der Waals surface area contributed by atoms with E-state index in [1.165, 1.54) is 0 Å². The summed E-state index contributed by atoms with van der Waals surface area (Å²) >= 11 is 11.9. The van der Waals surface area contributed by atoms with Gasteiger partial charge < -0.3 is 4.74 Å². The first-order valence-corrected chi connectivity index (χ1v) is 6.08. The van der Waals surface area contributed by atoms with Gasteiger partial charge in [0.15, 0.2) is 0 Å². The van der Waals surface area contributed by atoms with Crippen LogP contribution >= 0.6 is 23.2 Å². The van der Waals surface area contributed by atoms with E-state index in [0.717, 1.165) is 11.3 Å². The Morgan fingerprint density at radius 1 is 1.12 bits per heavy atom. The molecule has 0 amide bonds. The Bertz CT molecular complexity index is 488. The average Bonchev–Trinajstić information content (AvgIpc) is 2.38. The van der Waals surface area contributed by atoms with Gasteiger partial charge in [-0.25, -0.2) is 0 Å². The number of alkyl halides is 1. The summed E-state index contributed by atoms with van der Waals surface area (Å²) in [4.78, 5) is 4.18. The summed E-state index contributed by atoms with van der Waals surface area (Å²) in [6, 6.07) is 11.2. The van der Waals surface area contributed by atoms with E-state index in [0.29, 0.717) is 23.3 Å². The van der Waals surface area contributed by atoms with Crippen molar-refractivity contribution in [2.24, 2.45) is 0 Å². The lowest BCUT2D eigenvalue weighted by Gasteiger charge is -2.11. The molecule has 0 spiro atoms. The first-order chi connectivity index (χ1) is 8.31. The lowest BCUT2D eigenvalue weighted by molar-refractivity contribution is 0.299. The Kier molecular flexibility index (Phi) is 4.24. The molecule has 1 aromatic carbocycles. The first kappa shape index (κ1) is 12.2. The molecule has 17 heavy (non-hydrogen) atoms. The molecule has 2 nitrogen and oxygen atoms in total. The van der Waals surface area contributed by atoms with Gasteiger partial charge in [-0.2, -0.15) is 0 Å². The lowest BCUT2D eigenvalue weighted by atomic mass is 10.2. The number of rotatable bonds is 4. The molecule has 0 radical (unpaired) electrons. The maximum atomic E-state index is 6.07. The molecular weight excluding hydrogens is 257 g/mol. The molecule has 0 bridgehead atoms. The lowest BCUT2D eigenvalue weighted by Crippen LogP contribution is -2.00. The van der Waals surface area contributed by atoms with Gasteiger partial charge in [-0.1, -0.05) is 29.8 Å². The van der Waals surface area contributed by atoms with Crippen molar-refractivity contribution >= 4 is 23.2 Å². The Morgan fingerprint density at radius 2 is 2.00 bits per heavy atom. The van der Waals surface area contributed by atoms with E-state index in [2.05, 4.69) is 4.98 Å². The summed E-state index contributed by atoms with van der Waals surface area (Å²) in [5.41, 5.74) is 1.74. The number of hydrogen-bond acceptors (Lipinski definition) is 2. The SMILES string of the molecule is ClCc1cccc(Cl)c1OCc1ccccn1. The minimum absolute atomic E-state index is 0.373.